The molecule has 0 aliphatic heterocycles. The van der Waals surface area contributed by atoms with Crippen molar-refractivity contribution in [3.8, 4) is 5.75 Å². The van der Waals surface area contributed by atoms with Crippen LogP contribution in [0.15, 0.2) is 29.3 Å². The summed E-state index contributed by atoms with van der Waals surface area (Å²) in [6.07, 6.45) is 3.19. The van der Waals surface area contributed by atoms with Crippen LogP contribution >= 0.6 is 24.0 Å². The predicted molar refractivity (Wildman–Crippen MR) is 95.2 cm³/mol. The van der Waals surface area contributed by atoms with Gasteiger partial charge in [-0.05, 0) is 36.5 Å². The summed E-state index contributed by atoms with van der Waals surface area (Å²) in [7, 11) is 1.60. The zero-order valence-corrected chi connectivity index (χ0v) is 14.6. The van der Waals surface area contributed by atoms with Crippen LogP contribution in [0.5, 0.6) is 5.75 Å². The number of guanidine groups is 1. The molecule has 0 radical (unpaired) electrons. The number of aliphatic hydroxyl groups excluding tert-OH is 1. The van der Waals surface area contributed by atoms with Crippen LogP contribution in [0.4, 0.5) is 0 Å². The van der Waals surface area contributed by atoms with Crippen LogP contribution in [0, 0.1) is 5.92 Å². The van der Waals surface area contributed by atoms with Crippen molar-refractivity contribution < 1.29 is 9.84 Å². The van der Waals surface area contributed by atoms with Gasteiger partial charge >= 0.3 is 0 Å². The third-order valence-corrected chi connectivity index (χ3v) is 3.71. The topological polar surface area (TPSA) is 79.9 Å². The minimum absolute atomic E-state index is 0. The van der Waals surface area contributed by atoms with Crippen LogP contribution in [0.1, 0.15) is 30.9 Å². The van der Waals surface area contributed by atoms with Gasteiger partial charge in [-0.25, -0.2) is 0 Å². The molecule has 1 atom stereocenters. The zero-order chi connectivity index (χ0) is 14.4. The number of aliphatic hydroxyl groups is 1. The van der Waals surface area contributed by atoms with Crippen LogP contribution in [-0.4, -0.2) is 31.3 Å². The Morgan fingerprint density at radius 3 is 2.90 bits per heavy atom. The smallest absolute Gasteiger partial charge is 0.188 e. The molecule has 5 nitrogen and oxygen atoms in total. The second-order valence-corrected chi connectivity index (χ2v) is 5.20. The lowest BCUT2D eigenvalue weighted by Gasteiger charge is -2.25. The van der Waals surface area contributed by atoms with E-state index in [0.29, 0.717) is 5.96 Å². The summed E-state index contributed by atoms with van der Waals surface area (Å²) in [6.45, 7) is 1.13. The number of nitrogens with two attached hydrogens (primary N) is 1. The number of benzene rings is 1. The lowest BCUT2D eigenvalue weighted by Crippen LogP contribution is -2.37. The molecule has 1 saturated carbocycles. The predicted octanol–water partition coefficient (Wildman–Crippen LogP) is 2.05. The summed E-state index contributed by atoms with van der Waals surface area (Å²) >= 11 is 0. The SMILES string of the molecule is COc1cccc(C(O)CN=C(N)NCC2CCC2)c1.I. The molecule has 1 aromatic carbocycles. The Morgan fingerprint density at radius 2 is 2.29 bits per heavy atom. The second kappa shape index (κ2) is 9.09. The average molecular weight is 405 g/mol. The molecule has 0 heterocycles. The lowest BCUT2D eigenvalue weighted by atomic mass is 9.85. The molecule has 118 valence electrons. The van der Waals surface area contributed by atoms with Crippen molar-refractivity contribution in [3.05, 3.63) is 29.8 Å². The molecule has 21 heavy (non-hydrogen) atoms. The summed E-state index contributed by atoms with van der Waals surface area (Å²) in [5.74, 6) is 1.85. The van der Waals surface area contributed by atoms with Gasteiger partial charge < -0.3 is 20.9 Å². The van der Waals surface area contributed by atoms with Gasteiger partial charge in [0.1, 0.15) is 5.75 Å². The summed E-state index contributed by atoms with van der Waals surface area (Å²) in [4.78, 5) is 4.18. The Labute approximate surface area is 143 Å². The Bertz CT molecular complexity index is 464. The maximum atomic E-state index is 10.1. The first-order valence-electron chi connectivity index (χ1n) is 7.05. The van der Waals surface area contributed by atoms with Crippen LogP contribution in [-0.2, 0) is 0 Å². The molecule has 1 aliphatic carbocycles. The second-order valence-electron chi connectivity index (χ2n) is 5.20. The molecule has 1 unspecified atom stereocenters. The summed E-state index contributed by atoms with van der Waals surface area (Å²) in [5.41, 5.74) is 6.56. The number of hydrogen-bond donors (Lipinski definition) is 3. The van der Waals surface area contributed by atoms with Crippen LogP contribution in [0.3, 0.4) is 0 Å². The molecule has 0 saturated heterocycles. The highest BCUT2D eigenvalue weighted by Gasteiger charge is 2.16. The van der Waals surface area contributed by atoms with E-state index in [1.807, 2.05) is 18.2 Å². The summed E-state index contributed by atoms with van der Waals surface area (Å²) in [5, 5.41) is 13.2. The first-order chi connectivity index (χ1) is 9.69. The first-order valence-corrected chi connectivity index (χ1v) is 7.05. The highest BCUT2D eigenvalue weighted by atomic mass is 127. The molecule has 0 aromatic heterocycles. The summed E-state index contributed by atoms with van der Waals surface area (Å²) in [6, 6.07) is 7.34. The van der Waals surface area contributed by atoms with E-state index in [2.05, 4.69) is 10.3 Å². The van der Waals surface area contributed by atoms with Gasteiger partial charge in [-0.15, -0.1) is 24.0 Å². The van der Waals surface area contributed by atoms with Crippen LogP contribution in [0.25, 0.3) is 0 Å². The number of methoxy groups -OCH3 is 1. The fourth-order valence-electron chi connectivity index (χ4n) is 2.14. The monoisotopic (exact) mass is 405 g/mol. The lowest BCUT2D eigenvalue weighted by molar-refractivity contribution is 0.186. The van der Waals surface area contributed by atoms with Gasteiger partial charge in [-0.1, -0.05) is 18.6 Å². The van der Waals surface area contributed by atoms with Gasteiger partial charge in [0, 0.05) is 6.54 Å². The van der Waals surface area contributed by atoms with Crippen molar-refractivity contribution in [2.45, 2.75) is 25.4 Å². The Morgan fingerprint density at radius 1 is 1.52 bits per heavy atom. The minimum atomic E-state index is -0.672. The molecule has 0 amide bonds. The summed E-state index contributed by atoms with van der Waals surface area (Å²) < 4.78 is 5.13. The number of halogens is 1. The van der Waals surface area contributed by atoms with Gasteiger partial charge in [0.05, 0.1) is 19.8 Å². The quantitative estimate of drug-likeness (QED) is 0.385. The maximum Gasteiger partial charge on any atom is 0.188 e. The standard InChI is InChI=1S/C15H23N3O2.HI/c1-20-13-7-3-6-12(8-13)14(19)10-18-15(16)17-9-11-4-2-5-11;/h3,6-8,11,14,19H,2,4-5,9-10H2,1H3,(H3,16,17,18);1H. The zero-order valence-electron chi connectivity index (χ0n) is 12.3. The van der Waals surface area contributed by atoms with Crippen molar-refractivity contribution >= 4 is 29.9 Å². The molecule has 4 N–H and O–H groups in total. The Kier molecular flexibility index (Phi) is 7.81. The van der Waals surface area contributed by atoms with Gasteiger partial charge in [-0.2, -0.15) is 0 Å². The first kappa shape index (κ1) is 18.0. The Hall–Kier alpha value is -1.02. The van der Waals surface area contributed by atoms with E-state index < -0.39 is 6.10 Å². The van der Waals surface area contributed by atoms with Crippen molar-refractivity contribution in [2.24, 2.45) is 16.6 Å². The Balaban J connectivity index is 0.00000220. The molecular formula is C15H24IN3O2. The van der Waals surface area contributed by atoms with Crippen LogP contribution < -0.4 is 15.8 Å². The third kappa shape index (κ3) is 5.70. The molecule has 1 aromatic rings. The number of ether oxygens (including phenoxy) is 1. The van der Waals surface area contributed by atoms with Crippen LogP contribution in [0.2, 0.25) is 0 Å². The number of nitrogens with zero attached hydrogens (tertiary/aromatic N) is 1. The van der Waals surface area contributed by atoms with E-state index in [4.69, 9.17) is 10.5 Å². The molecule has 0 bridgehead atoms. The maximum absolute atomic E-state index is 10.1. The molecule has 1 aliphatic rings. The molecule has 2 rings (SSSR count). The third-order valence-electron chi connectivity index (χ3n) is 3.71. The van der Waals surface area contributed by atoms with E-state index >= 15 is 0 Å². The van der Waals surface area contributed by atoms with E-state index in [9.17, 15) is 5.11 Å². The highest BCUT2D eigenvalue weighted by molar-refractivity contribution is 14.0. The number of hydrogen-bond acceptors (Lipinski definition) is 3. The van der Waals surface area contributed by atoms with Gasteiger partial charge in [0.25, 0.3) is 0 Å². The number of rotatable bonds is 6. The molecule has 1 fully saturated rings. The van der Waals surface area contributed by atoms with E-state index in [1.165, 1.54) is 19.3 Å². The normalized spacial score (nSPS) is 16.6. The molecule has 0 spiro atoms. The fraction of sp³-hybridized carbons (Fsp3) is 0.533. The largest absolute Gasteiger partial charge is 0.497 e. The molecular weight excluding hydrogens is 381 g/mol. The molecule has 6 heteroatoms. The average Bonchev–Trinajstić information content (AvgIpc) is 2.43. The minimum Gasteiger partial charge on any atom is -0.497 e. The van der Waals surface area contributed by atoms with Gasteiger partial charge in [0.2, 0.25) is 0 Å². The van der Waals surface area contributed by atoms with E-state index in [0.717, 1.165) is 23.8 Å². The van der Waals surface area contributed by atoms with Gasteiger partial charge in [0.15, 0.2) is 5.96 Å². The van der Waals surface area contributed by atoms with E-state index in [-0.39, 0.29) is 30.5 Å². The van der Waals surface area contributed by atoms with E-state index in [1.54, 1.807) is 13.2 Å². The fourth-order valence-corrected chi connectivity index (χ4v) is 2.14. The number of nitrogens with one attached hydrogen (secondary N) is 1. The van der Waals surface area contributed by atoms with Crippen molar-refractivity contribution in [2.75, 3.05) is 20.2 Å². The number of aliphatic imine (C=N–C) groups is 1. The van der Waals surface area contributed by atoms with Crippen molar-refractivity contribution in [3.63, 3.8) is 0 Å². The van der Waals surface area contributed by atoms with Crippen molar-refractivity contribution in [1.82, 2.24) is 5.32 Å². The van der Waals surface area contributed by atoms with Crippen molar-refractivity contribution in [1.29, 1.82) is 0 Å². The highest BCUT2D eigenvalue weighted by Crippen LogP contribution is 2.25. The van der Waals surface area contributed by atoms with Gasteiger partial charge in [-0.3, -0.25) is 4.99 Å².